The van der Waals surface area contributed by atoms with Crippen LogP contribution in [0.4, 0.5) is 15.5 Å². The Kier molecular flexibility index (Phi) is 6.01. The number of aromatic nitrogens is 2. The Morgan fingerprint density at radius 3 is 2.57 bits per heavy atom. The number of ether oxygens (including phenoxy) is 2. The van der Waals surface area contributed by atoms with Crippen molar-refractivity contribution in [3.8, 4) is 5.75 Å². The summed E-state index contributed by atoms with van der Waals surface area (Å²) in [5, 5.41) is 7.74. The topological polar surface area (TPSA) is 157 Å². The van der Waals surface area contributed by atoms with Gasteiger partial charge in [0.05, 0.1) is 19.4 Å². The third-order valence-electron chi connectivity index (χ3n) is 3.95. The molecule has 156 valence electrons. The summed E-state index contributed by atoms with van der Waals surface area (Å²) >= 11 is 0.669. The Balaban J connectivity index is 1.84. The third-order valence-corrected chi connectivity index (χ3v) is 4.59. The number of nitrogens with zero attached hydrogens (tertiary/aromatic N) is 3. The van der Waals surface area contributed by atoms with E-state index < -0.39 is 35.6 Å². The summed E-state index contributed by atoms with van der Waals surface area (Å²) in [6.07, 6.45) is 0. The van der Waals surface area contributed by atoms with Crippen LogP contribution in [0.15, 0.2) is 24.3 Å². The minimum atomic E-state index is -1.87. The van der Waals surface area contributed by atoms with Gasteiger partial charge in [0.2, 0.25) is 17.5 Å². The number of hydrogen-bond donors (Lipinski definition) is 2. The van der Waals surface area contributed by atoms with Gasteiger partial charge in [-0.25, -0.2) is 14.5 Å². The molecule has 0 unspecified atom stereocenters. The van der Waals surface area contributed by atoms with Crippen LogP contribution in [-0.4, -0.2) is 53.0 Å². The smallest absolute Gasteiger partial charge is 0.362 e. The van der Waals surface area contributed by atoms with Crippen LogP contribution in [0.2, 0.25) is 0 Å². The maximum atomic E-state index is 12.8. The van der Waals surface area contributed by atoms with E-state index in [9.17, 15) is 24.0 Å². The first-order valence-corrected chi connectivity index (χ1v) is 9.27. The Morgan fingerprint density at radius 1 is 1.23 bits per heavy atom. The van der Waals surface area contributed by atoms with E-state index in [0.717, 1.165) is 0 Å². The van der Waals surface area contributed by atoms with Gasteiger partial charge in [-0.15, -0.1) is 5.10 Å². The minimum absolute atomic E-state index is 0.0756. The number of barbiturate groups is 1. The van der Waals surface area contributed by atoms with Crippen LogP contribution < -0.4 is 20.3 Å². The summed E-state index contributed by atoms with van der Waals surface area (Å²) in [5.41, 5.74) is -0.128. The normalized spacial score (nSPS) is 16.1. The van der Waals surface area contributed by atoms with E-state index >= 15 is 0 Å². The molecule has 1 aliphatic heterocycles. The number of nitrogens with one attached hydrogen (secondary N) is 2. The molecule has 2 N–H and O–H groups in total. The number of methoxy groups -OCH3 is 1. The SMILES string of the molecule is CCOC(=O)c1nnsc1NC(=O)[C@@H]1C(=O)NC(=O)N(c2ccc(OC)cc2)C1=O. The molecule has 13 heteroatoms. The highest BCUT2D eigenvalue weighted by Crippen LogP contribution is 2.25. The Hall–Kier alpha value is -3.87. The molecule has 1 atom stereocenters. The molecule has 1 aromatic carbocycles. The zero-order chi connectivity index (χ0) is 21.8. The fraction of sp³-hybridized carbons (Fsp3) is 0.235. The second-order valence-electron chi connectivity index (χ2n) is 5.76. The molecule has 5 amide bonds. The van der Waals surface area contributed by atoms with Crippen LogP contribution in [0.1, 0.15) is 17.4 Å². The van der Waals surface area contributed by atoms with Gasteiger partial charge in [-0.3, -0.25) is 19.7 Å². The van der Waals surface area contributed by atoms with Crippen LogP contribution in [0.5, 0.6) is 5.75 Å². The van der Waals surface area contributed by atoms with Crippen molar-refractivity contribution in [2.24, 2.45) is 5.92 Å². The molecule has 30 heavy (non-hydrogen) atoms. The van der Waals surface area contributed by atoms with Gasteiger partial charge >= 0.3 is 12.0 Å². The molecule has 1 fully saturated rings. The lowest BCUT2D eigenvalue weighted by molar-refractivity contribution is -0.139. The second-order valence-corrected chi connectivity index (χ2v) is 6.51. The van der Waals surface area contributed by atoms with Crippen molar-refractivity contribution in [1.29, 1.82) is 0 Å². The van der Waals surface area contributed by atoms with Crippen LogP contribution in [-0.2, 0) is 19.1 Å². The van der Waals surface area contributed by atoms with Crippen molar-refractivity contribution in [2.75, 3.05) is 23.9 Å². The first kappa shape index (κ1) is 20.9. The third kappa shape index (κ3) is 3.96. The predicted molar refractivity (Wildman–Crippen MR) is 102 cm³/mol. The second kappa shape index (κ2) is 8.65. The summed E-state index contributed by atoms with van der Waals surface area (Å²) < 4.78 is 13.4. The molecule has 0 aliphatic carbocycles. The van der Waals surface area contributed by atoms with Crippen molar-refractivity contribution in [2.45, 2.75) is 6.92 Å². The Morgan fingerprint density at radius 2 is 1.93 bits per heavy atom. The van der Waals surface area contributed by atoms with E-state index in [-0.39, 0.29) is 23.0 Å². The standard InChI is InChI=1S/C17H15N5O7S/c1-3-29-16(26)11-14(30-21-20-11)18-12(23)10-13(24)19-17(27)22(15(10)25)8-4-6-9(28-2)7-5-8/h4-7,10H,3H2,1-2H3,(H,18,23)(H,19,24,27)/t10-/m1/s1. The molecule has 3 rings (SSSR count). The molecule has 1 saturated heterocycles. The number of hydrogen-bond acceptors (Lipinski definition) is 10. The Bertz CT molecular complexity index is 1020. The quantitative estimate of drug-likeness (QED) is 0.491. The van der Waals surface area contributed by atoms with E-state index in [4.69, 9.17) is 9.47 Å². The summed E-state index contributed by atoms with van der Waals surface area (Å²) in [6, 6.07) is 4.87. The molecular formula is C17H15N5O7S. The van der Waals surface area contributed by atoms with Gasteiger partial charge in [-0.05, 0) is 31.2 Å². The van der Waals surface area contributed by atoms with E-state index in [1.54, 1.807) is 6.92 Å². The largest absolute Gasteiger partial charge is 0.497 e. The van der Waals surface area contributed by atoms with E-state index in [1.165, 1.54) is 31.4 Å². The number of urea groups is 1. The number of anilines is 2. The highest BCUT2D eigenvalue weighted by Gasteiger charge is 2.46. The molecule has 0 saturated carbocycles. The van der Waals surface area contributed by atoms with Crippen molar-refractivity contribution in [3.05, 3.63) is 30.0 Å². The fourth-order valence-electron chi connectivity index (χ4n) is 2.57. The van der Waals surface area contributed by atoms with E-state index in [1.807, 2.05) is 5.32 Å². The zero-order valence-electron chi connectivity index (χ0n) is 15.7. The first-order chi connectivity index (χ1) is 14.4. The number of imide groups is 2. The van der Waals surface area contributed by atoms with Crippen molar-refractivity contribution in [3.63, 3.8) is 0 Å². The zero-order valence-corrected chi connectivity index (χ0v) is 16.5. The molecule has 1 aromatic heterocycles. The maximum absolute atomic E-state index is 12.8. The lowest BCUT2D eigenvalue weighted by Crippen LogP contribution is -2.61. The molecular weight excluding hydrogens is 418 g/mol. The monoisotopic (exact) mass is 433 g/mol. The average Bonchev–Trinajstić information content (AvgIpc) is 3.16. The molecule has 12 nitrogen and oxygen atoms in total. The Labute approximate surface area is 173 Å². The van der Waals surface area contributed by atoms with Crippen molar-refractivity contribution in [1.82, 2.24) is 14.9 Å². The minimum Gasteiger partial charge on any atom is -0.497 e. The predicted octanol–water partition coefficient (Wildman–Crippen LogP) is 0.561. The summed E-state index contributed by atoms with van der Waals surface area (Å²) in [4.78, 5) is 62.4. The van der Waals surface area contributed by atoms with Gasteiger partial charge in [0.15, 0.2) is 10.9 Å². The van der Waals surface area contributed by atoms with Crippen molar-refractivity contribution >= 4 is 51.9 Å². The highest BCUT2D eigenvalue weighted by molar-refractivity contribution is 7.10. The van der Waals surface area contributed by atoms with Gasteiger partial charge < -0.3 is 14.8 Å². The lowest BCUT2D eigenvalue weighted by atomic mass is 10.0. The molecule has 2 heterocycles. The highest BCUT2D eigenvalue weighted by atomic mass is 32.1. The first-order valence-electron chi connectivity index (χ1n) is 8.50. The summed E-state index contributed by atoms with van der Waals surface area (Å²) in [6.45, 7) is 1.66. The number of amides is 5. The van der Waals surface area contributed by atoms with Gasteiger partial charge in [-0.1, -0.05) is 4.49 Å². The van der Waals surface area contributed by atoms with Crippen LogP contribution >= 0.6 is 11.5 Å². The fourth-order valence-corrected chi connectivity index (χ4v) is 3.13. The number of carbonyl (C=O) groups is 5. The van der Waals surface area contributed by atoms with Gasteiger partial charge in [0.25, 0.3) is 5.91 Å². The van der Waals surface area contributed by atoms with Gasteiger partial charge in [0, 0.05) is 11.5 Å². The number of benzene rings is 1. The summed E-state index contributed by atoms with van der Waals surface area (Å²) in [5.74, 6) is -5.42. The molecule has 0 radical (unpaired) electrons. The lowest BCUT2D eigenvalue weighted by Gasteiger charge is -2.29. The summed E-state index contributed by atoms with van der Waals surface area (Å²) in [7, 11) is 1.45. The van der Waals surface area contributed by atoms with E-state index in [2.05, 4.69) is 14.9 Å². The van der Waals surface area contributed by atoms with Gasteiger partial charge in [-0.2, -0.15) is 0 Å². The molecule has 2 aromatic rings. The van der Waals surface area contributed by atoms with Gasteiger partial charge in [0.1, 0.15) is 5.75 Å². The average molecular weight is 433 g/mol. The van der Waals surface area contributed by atoms with E-state index in [0.29, 0.717) is 22.2 Å². The number of carbonyl (C=O) groups excluding carboxylic acids is 5. The number of esters is 1. The molecule has 1 aliphatic rings. The van der Waals surface area contributed by atoms with Crippen LogP contribution in [0.3, 0.4) is 0 Å². The number of rotatable bonds is 6. The van der Waals surface area contributed by atoms with Crippen LogP contribution in [0, 0.1) is 5.92 Å². The maximum Gasteiger partial charge on any atom is 0.362 e. The van der Waals surface area contributed by atoms with Crippen molar-refractivity contribution < 1.29 is 33.4 Å². The van der Waals surface area contributed by atoms with Crippen LogP contribution in [0.25, 0.3) is 0 Å². The molecule has 0 spiro atoms. The molecule has 0 bridgehead atoms.